The molecule has 2 N–H and O–H groups in total. The van der Waals surface area contributed by atoms with Crippen LogP contribution in [0.4, 0.5) is 0 Å². The molecule has 0 atom stereocenters. The number of fused-ring (bicyclic) bond motifs is 2. The van der Waals surface area contributed by atoms with Gasteiger partial charge < -0.3 is 5.73 Å². The van der Waals surface area contributed by atoms with E-state index >= 15 is 0 Å². The summed E-state index contributed by atoms with van der Waals surface area (Å²) >= 11 is 1.39. The molecule has 0 radical (unpaired) electrons. The summed E-state index contributed by atoms with van der Waals surface area (Å²) in [6, 6.07) is 3.46. The summed E-state index contributed by atoms with van der Waals surface area (Å²) in [5.41, 5.74) is 7.65. The molecule has 4 heterocycles. The van der Waals surface area contributed by atoms with Crippen molar-refractivity contribution in [2.75, 3.05) is 6.54 Å². The predicted octanol–water partition coefficient (Wildman–Crippen LogP) is 1.48. The summed E-state index contributed by atoms with van der Waals surface area (Å²) < 4.78 is 29.0. The van der Waals surface area contributed by atoms with E-state index in [0.29, 0.717) is 29.0 Å². The maximum absolute atomic E-state index is 13.1. The summed E-state index contributed by atoms with van der Waals surface area (Å²) in [4.78, 5) is 9.09. The van der Waals surface area contributed by atoms with E-state index in [1.165, 1.54) is 21.5 Å². The van der Waals surface area contributed by atoms with Crippen LogP contribution in [0.1, 0.15) is 5.56 Å². The minimum atomic E-state index is -3.77. The normalized spacial score (nSPS) is 12.4. The van der Waals surface area contributed by atoms with Gasteiger partial charge in [-0.3, -0.25) is 9.38 Å². The van der Waals surface area contributed by atoms with Gasteiger partial charge >= 0.3 is 0 Å². The van der Waals surface area contributed by atoms with E-state index < -0.39 is 10.0 Å². The van der Waals surface area contributed by atoms with E-state index in [-0.39, 0.29) is 5.03 Å². The van der Waals surface area contributed by atoms with Gasteiger partial charge in [-0.05, 0) is 30.7 Å². The van der Waals surface area contributed by atoms with Gasteiger partial charge in [0.15, 0.2) is 9.99 Å². The summed E-state index contributed by atoms with van der Waals surface area (Å²) in [6.45, 7) is 0.428. The van der Waals surface area contributed by atoms with Gasteiger partial charge in [-0.25, -0.2) is 8.96 Å². The largest absolute Gasteiger partial charge is 0.330 e. The van der Waals surface area contributed by atoms with Crippen molar-refractivity contribution in [2.45, 2.75) is 11.4 Å². The fourth-order valence-electron chi connectivity index (χ4n) is 2.63. The molecule has 0 amide bonds. The highest BCUT2D eigenvalue weighted by Gasteiger charge is 2.25. The van der Waals surface area contributed by atoms with Gasteiger partial charge in [-0.2, -0.15) is 8.42 Å². The molecule has 0 saturated carbocycles. The van der Waals surface area contributed by atoms with Crippen molar-refractivity contribution >= 4 is 37.4 Å². The van der Waals surface area contributed by atoms with Gasteiger partial charge in [0.1, 0.15) is 0 Å². The van der Waals surface area contributed by atoms with Crippen LogP contribution in [0.25, 0.3) is 16.0 Å². The maximum Gasteiger partial charge on any atom is 0.285 e. The minimum Gasteiger partial charge on any atom is -0.330 e. The molecule has 7 nitrogen and oxygen atoms in total. The van der Waals surface area contributed by atoms with Crippen LogP contribution in [0.2, 0.25) is 0 Å². The second kappa shape index (κ2) is 5.15. The highest BCUT2D eigenvalue weighted by Crippen LogP contribution is 2.26. The lowest BCUT2D eigenvalue weighted by Crippen LogP contribution is -2.13. The highest BCUT2D eigenvalue weighted by molar-refractivity contribution is 7.90. The number of rotatable bonds is 4. The Morgan fingerprint density at radius 1 is 1.30 bits per heavy atom. The SMILES string of the molecule is NCCc1cn(S(=O)(=O)c2cnc3sccn23)c2cccnc12. The maximum atomic E-state index is 13.1. The third-order valence-corrected chi connectivity index (χ3v) is 6.07. The molecule has 0 bridgehead atoms. The number of imidazole rings is 1. The smallest absolute Gasteiger partial charge is 0.285 e. The topological polar surface area (TPSA) is 95.3 Å². The van der Waals surface area contributed by atoms with Crippen LogP contribution in [0, 0.1) is 0 Å². The lowest BCUT2D eigenvalue weighted by Gasteiger charge is -2.05. The third-order valence-electron chi connectivity index (χ3n) is 3.65. The van der Waals surface area contributed by atoms with Crippen LogP contribution < -0.4 is 5.73 Å². The van der Waals surface area contributed by atoms with Crippen LogP contribution in [-0.2, 0) is 16.4 Å². The molecule has 0 aromatic carbocycles. The number of aromatic nitrogens is 4. The zero-order valence-corrected chi connectivity index (χ0v) is 13.6. The zero-order chi connectivity index (χ0) is 16.0. The fraction of sp³-hybridized carbons (Fsp3) is 0.143. The molecule has 0 saturated heterocycles. The van der Waals surface area contributed by atoms with Crippen molar-refractivity contribution in [3.8, 4) is 0 Å². The molecule has 0 spiro atoms. The van der Waals surface area contributed by atoms with Crippen molar-refractivity contribution in [1.82, 2.24) is 18.3 Å². The summed E-state index contributed by atoms with van der Waals surface area (Å²) in [7, 11) is -3.77. The number of nitrogens with zero attached hydrogens (tertiary/aromatic N) is 4. The first-order chi connectivity index (χ1) is 11.1. The van der Waals surface area contributed by atoms with E-state index in [2.05, 4.69) is 9.97 Å². The van der Waals surface area contributed by atoms with Crippen LogP contribution >= 0.6 is 11.3 Å². The van der Waals surface area contributed by atoms with Gasteiger partial charge in [-0.1, -0.05) is 0 Å². The molecule has 23 heavy (non-hydrogen) atoms. The summed E-state index contributed by atoms with van der Waals surface area (Å²) in [5, 5.41) is 1.94. The highest BCUT2D eigenvalue weighted by atomic mass is 32.2. The first-order valence-corrected chi connectivity index (χ1v) is 9.26. The second-order valence-electron chi connectivity index (χ2n) is 5.02. The van der Waals surface area contributed by atoms with Crippen molar-refractivity contribution in [3.63, 3.8) is 0 Å². The quantitative estimate of drug-likeness (QED) is 0.603. The Bertz CT molecular complexity index is 1110. The molecular weight excluding hydrogens is 334 g/mol. The molecule has 4 rings (SSSR count). The van der Waals surface area contributed by atoms with E-state index in [4.69, 9.17) is 5.73 Å². The molecule has 0 aliphatic rings. The van der Waals surface area contributed by atoms with Crippen molar-refractivity contribution in [2.24, 2.45) is 5.73 Å². The molecule has 4 aromatic heterocycles. The monoisotopic (exact) mass is 347 g/mol. The number of thiazole rings is 1. The fourth-order valence-corrected chi connectivity index (χ4v) is 4.83. The van der Waals surface area contributed by atoms with Gasteiger partial charge in [0.25, 0.3) is 10.0 Å². The Morgan fingerprint density at radius 2 is 2.17 bits per heavy atom. The molecule has 118 valence electrons. The predicted molar refractivity (Wildman–Crippen MR) is 88.1 cm³/mol. The molecule has 0 fully saturated rings. The number of nitrogens with two attached hydrogens (primary N) is 1. The van der Waals surface area contributed by atoms with Gasteiger partial charge in [0.05, 0.1) is 17.2 Å². The van der Waals surface area contributed by atoms with Crippen LogP contribution in [0.5, 0.6) is 0 Å². The number of hydrogen-bond donors (Lipinski definition) is 1. The van der Waals surface area contributed by atoms with Crippen LogP contribution in [0.3, 0.4) is 0 Å². The lowest BCUT2D eigenvalue weighted by atomic mass is 10.2. The molecule has 4 aromatic rings. The van der Waals surface area contributed by atoms with Gasteiger partial charge in [0.2, 0.25) is 0 Å². The van der Waals surface area contributed by atoms with E-state index in [1.807, 2.05) is 0 Å². The van der Waals surface area contributed by atoms with Crippen LogP contribution in [-0.4, -0.2) is 33.3 Å². The Morgan fingerprint density at radius 3 is 3.00 bits per heavy atom. The third kappa shape index (κ3) is 2.08. The molecular formula is C14H13N5O2S2. The Kier molecular flexibility index (Phi) is 3.22. The second-order valence-corrected chi connectivity index (χ2v) is 7.65. The molecule has 9 heteroatoms. The van der Waals surface area contributed by atoms with E-state index in [9.17, 15) is 8.42 Å². The van der Waals surface area contributed by atoms with E-state index in [1.54, 1.807) is 40.5 Å². The van der Waals surface area contributed by atoms with Crippen molar-refractivity contribution in [1.29, 1.82) is 0 Å². The zero-order valence-electron chi connectivity index (χ0n) is 12.0. The number of pyridine rings is 1. The van der Waals surface area contributed by atoms with Crippen molar-refractivity contribution < 1.29 is 8.42 Å². The minimum absolute atomic E-state index is 0.133. The number of hydrogen-bond acceptors (Lipinski definition) is 6. The Balaban J connectivity index is 2.00. The Labute approximate surface area is 136 Å². The summed E-state index contributed by atoms with van der Waals surface area (Å²) in [5.74, 6) is 0. The average Bonchev–Trinajstić information content (AvgIpc) is 3.21. The Hall–Kier alpha value is -2.23. The van der Waals surface area contributed by atoms with Gasteiger partial charge in [0, 0.05) is 24.0 Å². The molecule has 0 aliphatic carbocycles. The standard InChI is InChI=1S/C14H13N5O2S2/c15-4-3-10-9-19(11-2-1-5-16-13(10)11)23(20,21)12-8-17-14-18(12)6-7-22-14/h1-2,5-9H,3-4,15H2. The van der Waals surface area contributed by atoms with E-state index in [0.717, 1.165) is 5.56 Å². The van der Waals surface area contributed by atoms with Crippen LogP contribution in [0.15, 0.2) is 47.3 Å². The lowest BCUT2D eigenvalue weighted by molar-refractivity contribution is 0.584. The first kappa shape index (κ1) is 14.4. The average molecular weight is 347 g/mol. The summed E-state index contributed by atoms with van der Waals surface area (Å²) in [6.07, 6.45) is 6.90. The van der Waals surface area contributed by atoms with Gasteiger partial charge in [-0.15, -0.1) is 11.3 Å². The molecule has 0 aliphatic heterocycles. The first-order valence-electron chi connectivity index (χ1n) is 6.94. The van der Waals surface area contributed by atoms with Crippen molar-refractivity contribution in [3.05, 3.63) is 47.9 Å². The molecule has 0 unspecified atom stereocenters.